The molecule has 1 amide bonds. The molecule has 0 fully saturated rings. The van der Waals surface area contributed by atoms with Crippen molar-refractivity contribution in [3.05, 3.63) is 88.4 Å². The molecule has 0 heterocycles. The number of anilines is 1. The Morgan fingerprint density at radius 1 is 0.964 bits per heavy atom. The van der Waals surface area contributed by atoms with Crippen LogP contribution in [0.2, 0.25) is 10.0 Å². The van der Waals surface area contributed by atoms with E-state index in [1.165, 1.54) is 0 Å². The van der Waals surface area contributed by atoms with Crippen molar-refractivity contribution < 1.29 is 4.79 Å². The highest BCUT2D eigenvalue weighted by molar-refractivity contribution is 6.42. The molecule has 144 valence electrons. The first-order valence-corrected chi connectivity index (χ1v) is 9.81. The van der Waals surface area contributed by atoms with E-state index in [0.29, 0.717) is 16.6 Å². The summed E-state index contributed by atoms with van der Waals surface area (Å²) in [6.45, 7) is 2.48. The topological polar surface area (TPSA) is 32.3 Å². The molecule has 0 aromatic heterocycles. The summed E-state index contributed by atoms with van der Waals surface area (Å²) in [7, 11) is 1.91. The van der Waals surface area contributed by atoms with Gasteiger partial charge in [-0.15, -0.1) is 0 Å². The highest BCUT2D eigenvalue weighted by Crippen LogP contribution is 2.28. The van der Waals surface area contributed by atoms with Gasteiger partial charge in [0.15, 0.2) is 0 Å². The third-order valence-electron chi connectivity index (χ3n) is 4.73. The molecule has 0 spiro atoms. The third kappa shape index (κ3) is 4.93. The molecular formula is C23H22Cl2N2O. The van der Waals surface area contributed by atoms with E-state index in [4.69, 9.17) is 23.2 Å². The quantitative estimate of drug-likeness (QED) is 0.528. The molecule has 5 heteroatoms. The summed E-state index contributed by atoms with van der Waals surface area (Å²) in [5, 5.41) is 4.11. The zero-order valence-electron chi connectivity index (χ0n) is 15.8. The molecule has 0 saturated carbocycles. The summed E-state index contributed by atoms with van der Waals surface area (Å²) in [5.41, 5.74) is 3.86. The van der Waals surface area contributed by atoms with Crippen molar-refractivity contribution in [2.75, 3.05) is 12.4 Å². The minimum Gasteiger partial charge on any atom is -0.324 e. The van der Waals surface area contributed by atoms with Crippen LogP contribution in [-0.2, 0) is 11.3 Å². The SMILES string of the molecule is CC(C(=O)Nc1ccccc1-c1ccccc1)N(C)Cc1ccc(Cl)c(Cl)c1. The molecule has 0 saturated heterocycles. The van der Waals surface area contributed by atoms with Crippen LogP contribution in [0.4, 0.5) is 5.69 Å². The van der Waals surface area contributed by atoms with Gasteiger partial charge in [-0.2, -0.15) is 0 Å². The lowest BCUT2D eigenvalue weighted by Crippen LogP contribution is -2.39. The van der Waals surface area contributed by atoms with E-state index in [9.17, 15) is 4.79 Å². The van der Waals surface area contributed by atoms with E-state index in [1.54, 1.807) is 6.07 Å². The summed E-state index contributed by atoms with van der Waals surface area (Å²) < 4.78 is 0. The summed E-state index contributed by atoms with van der Waals surface area (Å²) in [6.07, 6.45) is 0. The van der Waals surface area contributed by atoms with Gasteiger partial charge in [0.2, 0.25) is 5.91 Å². The van der Waals surface area contributed by atoms with E-state index in [0.717, 1.165) is 22.4 Å². The van der Waals surface area contributed by atoms with Crippen LogP contribution in [0.15, 0.2) is 72.8 Å². The van der Waals surface area contributed by atoms with Crippen LogP contribution in [0.25, 0.3) is 11.1 Å². The Morgan fingerprint density at radius 3 is 2.36 bits per heavy atom. The van der Waals surface area contributed by atoms with Gasteiger partial charge in [-0.25, -0.2) is 0 Å². The van der Waals surface area contributed by atoms with Crippen LogP contribution in [0.5, 0.6) is 0 Å². The van der Waals surface area contributed by atoms with Crippen molar-refractivity contribution in [1.82, 2.24) is 4.90 Å². The molecule has 3 aromatic carbocycles. The minimum absolute atomic E-state index is 0.0639. The largest absolute Gasteiger partial charge is 0.324 e. The summed E-state index contributed by atoms with van der Waals surface area (Å²) in [5.74, 6) is -0.0639. The number of halogens is 2. The Kier molecular flexibility index (Phi) is 6.74. The smallest absolute Gasteiger partial charge is 0.241 e. The number of amides is 1. The third-order valence-corrected chi connectivity index (χ3v) is 5.47. The van der Waals surface area contributed by atoms with E-state index in [-0.39, 0.29) is 11.9 Å². The molecule has 0 aliphatic heterocycles. The second-order valence-electron chi connectivity index (χ2n) is 6.74. The molecule has 3 rings (SSSR count). The zero-order valence-corrected chi connectivity index (χ0v) is 17.3. The van der Waals surface area contributed by atoms with E-state index in [1.807, 2.05) is 85.6 Å². The minimum atomic E-state index is -0.321. The van der Waals surface area contributed by atoms with Crippen molar-refractivity contribution >= 4 is 34.8 Å². The molecule has 3 aromatic rings. The fourth-order valence-electron chi connectivity index (χ4n) is 2.96. The maximum absolute atomic E-state index is 12.8. The van der Waals surface area contributed by atoms with Crippen LogP contribution in [0.1, 0.15) is 12.5 Å². The molecule has 0 bridgehead atoms. The molecule has 0 aliphatic carbocycles. The molecule has 3 nitrogen and oxygen atoms in total. The van der Waals surface area contributed by atoms with Gasteiger partial charge in [0.25, 0.3) is 0 Å². The van der Waals surface area contributed by atoms with Crippen molar-refractivity contribution in [3.63, 3.8) is 0 Å². The molecule has 1 N–H and O–H groups in total. The lowest BCUT2D eigenvalue weighted by atomic mass is 10.0. The van der Waals surface area contributed by atoms with Crippen molar-refractivity contribution in [1.29, 1.82) is 0 Å². The first-order valence-electron chi connectivity index (χ1n) is 9.05. The number of rotatable bonds is 6. The predicted octanol–water partition coefficient (Wildman–Crippen LogP) is 6.12. The number of likely N-dealkylation sites (N-methyl/N-ethyl adjacent to an activating group) is 1. The number of nitrogens with one attached hydrogen (secondary N) is 1. The summed E-state index contributed by atoms with van der Waals surface area (Å²) in [4.78, 5) is 14.8. The number of benzene rings is 3. The van der Waals surface area contributed by atoms with Crippen molar-refractivity contribution in [2.24, 2.45) is 0 Å². The number of nitrogens with zero attached hydrogens (tertiary/aromatic N) is 1. The number of carbonyl (C=O) groups is 1. The van der Waals surface area contributed by atoms with Crippen LogP contribution in [0, 0.1) is 0 Å². The van der Waals surface area contributed by atoms with Gasteiger partial charge in [0.05, 0.1) is 16.1 Å². The van der Waals surface area contributed by atoms with Gasteiger partial charge < -0.3 is 5.32 Å². The lowest BCUT2D eigenvalue weighted by Gasteiger charge is -2.24. The van der Waals surface area contributed by atoms with Gasteiger partial charge >= 0.3 is 0 Å². The van der Waals surface area contributed by atoms with Gasteiger partial charge in [-0.05, 0) is 43.3 Å². The summed E-state index contributed by atoms with van der Waals surface area (Å²) >= 11 is 12.1. The standard InChI is InChI=1S/C23H22Cl2N2O/c1-16(27(2)15-17-12-13-20(24)21(25)14-17)23(28)26-22-11-7-6-10-19(22)18-8-4-3-5-9-18/h3-14,16H,15H2,1-2H3,(H,26,28). The normalized spacial score (nSPS) is 12.0. The second kappa shape index (κ2) is 9.24. The lowest BCUT2D eigenvalue weighted by molar-refractivity contribution is -0.120. The van der Waals surface area contributed by atoms with Crippen LogP contribution < -0.4 is 5.32 Å². The summed E-state index contributed by atoms with van der Waals surface area (Å²) in [6, 6.07) is 23.0. The molecule has 0 aliphatic rings. The van der Waals surface area contributed by atoms with Crippen LogP contribution >= 0.6 is 23.2 Å². The first-order chi connectivity index (χ1) is 13.5. The Hall–Kier alpha value is -2.33. The van der Waals surface area contributed by atoms with Crippen molar-refractivity contribution in [3.8, 4) is 11.1 Å². The number of para-hydroxylation sites is 1. The fourth-order valence-corrected chi connectivity index (χ4v) is 3.28. The maximum atomic E-state index is 12.8. The van der Waals surface area contributed by atoms with Crippen molar-refractivity contribution in [2.45, 2.75) is 19.5 Å². The average molecular weight is 413 g/mol. The molecule has 1 unspecified atom stereocenters. The molecule has 28 heavy (non-hydrogen) atoms. The molecule has 0 radical (unpaired) electrons. The van der Waals surface area contributed by atoms with Gasteiger partial charge in [0, 0.05) is 17.8 Å². The maximum Gasteiger partial charge on any atom is 0.241 e. The van der Waals surface area contributed by atoms with Gasteiger partial charge in [-0.1, -0.05) is 77.8 Å². The van der Waals surface area contributed by atoms with Gasteiger partial charge in [0.1, 0.15) is 0 Å². The second-order valence-corrected chi connectivity index (χ2v) is 7.55. The zero-order chi connectivity index (χ0) is 20.1. The Labute approximate surface area is 175 Å². The monoisotopic (exact) mass is 412 g/mol. The molecule has 1 atom stereocenters. The van der Waals surface area contributed by atoms with Crippen LogP contribution in [0.3, 0.4) is 0 Å². The first kappa shape index (κ1) is 20.4. The van der Waals surface area contributed by atoms with E-state index >= 15 is 0 Å². The number of carbonyl (C=O) groups excluding carboxylic acids is 1. The Balaban J connectivity index is 1.71. The fraction of sp³-hybridized carbons (Fsp3) is 0.174. The Bertz CT molecular complexity index is 960. The molecular weight excluding hydrogens is 391 g/mol. The van der Waals surface area contributed by atoms with Gasteiger partial charge in [-0.3, -0.25) is 9.69 Å². The van der Waals surface area contributed by atoms with E-state index in [2.05, 4.69) is 5.32 Å². The Morgan fingerprint density at radius 2 is 1.64 bits per heavy atom. The predicted molar refractivity (Wildman–Crippen MR) is 118 cm³/mol. The van der Waals surface area contributed by atoms with Crippen LogP contribution in [-0.4, -0.2) is 23.9 Å². The number of hydrogen-bond acceptors (Lipinski definition) is 2. The highest BCUT2D eigenvalue weighted by Gasteiger charge is 2.19. The number of hydrogen-bond donors (Lipinski definition) is 1. The highest BCUT2D eigenvalue weighted by atomic mass is 35.5. The average Bonchev–Trinajstić information content (AvgIpc) is 2.71. The van der Waals surface area contributed by atoms with E-state index < -0.39 is 0 Å².